The van der Waals surface area contributed by atoms with Crippen LogP contribution in [0.2, 0.25) is 5.02 Å². The highest BCUT2D eigenvalue weighted by Gasteiger charge is 2.25. The molecule has 1 aliphatic rings. The van der Waals surface area contributed by atoms with Crippen LogP contribution in [0.25, 0.3) is 0 Å². The predicted octanol–water partition coefficient (Wildman–Crippen LogP) is 4.37. The molecule has 0 spiro atoms. The smallest absolute Gasteiger partial charge is 0.222 e. The molecule has 1 saturated heterocycles. The SMILES string of the molecule is Cc1cc(Cl)ccc1OCCCC(=O)N(C)C1CCN(CCc2ccccn2)CC1. The summed E-state index contributed by atoms with van der Waals surface area (Å²) in [4.78, 5) is 21.4. The first kappa shape index (κ1) is 22.6. The molecule has 0 atom stereocenters. The molecule has 2 aromatic rings. The lowest BCUT2D eigenvalue weighted by molar-refractivity contribution is -0.133. The monoisotopic (exact) mass is 429 g/mol. The molecular weight excluding hydrogens is 398 g/mol. The van der Waals surface area contributed by atoms with Gasteiger partial charge < -0.3 is 14.5 Å². The van der Waals surface area contributed by atoms with E-state index in [-0.39, 0.29) is 5.91 Å². The van der Waals surface area contributed by atoms with Crippen LogP contribution in [-0.2, 0) is 11.2 Å². The Hall–Kier alpha value is -2.11. The zero-order valence-electron chi connectivity index (χ0n) is 18.0. The summed E-state index contributed by atoms with van der Waals surface area (Å²) in [5.41, 5.74) is 2.16. The van der Waals surface area contributed by atoms with Crippen LogP contribution < -0.4 is 4.74 Å². The number of aromatic nitrogens is 1. The third-order valence-electron chi connectivity index (χ3n) is 5.84. The molecule has 0 radical (unpaired) electrons. The molecule has 1 fully saturated rings. The van der Waals surface area contributed by atoms with E-state index < -0.39 is 0 Å². The van der Waals surface area contributed by atoms with Crippen molar-refractivity contribution in [1.29, 1.82) is 0 Å². The van der Waals surface area contributed by atoms with Crippen molar-refractivity contribution in [3.05, 3.63) is 58.9 Å². The van der Waals surface area contributed by atoms with Gasteiger partial charge in [-0.3, -0.25) is 9.78 Å². The quantitative estimate of drug-likeness (QED) is 0.555. The van der Waals surface area contributed by atoms with Crippen molar-refractivity contribution in [2.75, 3.05) is 33.3 Å². The molecule has 1 aromatic heterocycles. The molecule has 6 heteroatoms. The molecule has 5 nitrogen and oxygen atoms in total. The Labute approximate surface area is 185 Å². The van der Waals surface area contributed by atoms with Crippen LogP contribution in [0.15, 0.2) is 42.6 Å². The number of carbonyl (C=O) groups excluding carboxylic acids is 1. The minimum atomic E-state index is 0.207. The number of ether oxygens (including phenoxy) is 1. The topological polar surface area (TPSA) is 45.7 Å². The lowest BCUT2D eigenvalue weighted by Crippen LogP contribution is -2.46. The summed E-state index contributed by atoms with van der Waals surface area (Å²) >= 11 is 5.97. The Morgan fingerprint density at radius 1 is 1.27 bits per heavy atom. The van der Waals surface area contributed by atoms with Gasteiger partial charge in [-0.2, -0.15) is 0 Å². The van der Waals surface area contributed by atoms with Crippen molar-refractivity contribution >= 4 is 17.5 Å². The van der Waals surface area contributed by atoms with E-state index in [1.807, 2.05) is 55.4 Å². The first-order valence-corrected chi connectivity index (χ1v) is 11.2. The minimum absolute atomic E-state index is 0.207. The average Bonchev–Trinajstić information content (AvgIpc) is 2.77. The molecule has 30 heavy (non-hydrogen) atoms. The predicted molar refractivity (Wildman–Crippen MR) is 121 cm³/mol. The Balaban J connectivity index is 1.33. The highest BCUT2D eigenvalue weighted by Crippen LogP contribution is 2.22. The zero-order chi connectivity index (χ0) is 21.3. The third kappa shape index (κ3) is 6.71. The van der Waals surface area contributed by atoms with Gasteiger partial charge in [0.25, 0.3) is 0 Å². The van der Waals surface area contributed by atoms with Crippen molar-refractivity contribution in [1.82, 2.24) is 14.8 Å². The summed E-state index contributed by atoms with van der Waals surface area (Å²) in [5.74, 6) is 1.04. The standard InChI is InChI=1S/C24H32ClN3O2/c1-19-18-20(25)8-9-23(19)30-17-5-7-24(29)27(2)22-11-15-28(16-12-22)14-10-21-6-3-4-13-26-21/h3-4,6,8-9,13,18,22H,5,7,10-12,14-17H2,1-2H3. The fraction of sp³-hybridized carbons (Fsp3) is 0.500. The number of nitrogens with zero attached hydrogens (tertiary/aromatic N) is 3. The van der Waals surface area contributed by atoms with E-state index in [1.165, 1.54) is 0 Å². The van der Waals surface area contributed by atoms with Gasteiger partial charge in [-0.15, -0.1) is 0 Å². The Kier molecular flexibility index (Phi) is 8.52. The van der Waals surface area contributed by atoms with Crippen LogP contribution in [0.4, 0.5) is 0 Å². The van der Waals surface area contributed by atoms with Gasteiger partial charge >= 0.3 is 0 Å². The summed E-state index contributed by atoms with van der Waals surface area (Å²) < 4.78 is 5.80. The van der Waals surface area contributed by atoms with E-state index in [0.29, 0.717) is 30.5 Å². The summed E-state index contributed by atoms with van der Waals surface area (Å²) in [6, 6.07) is 12.0. The van der Waals surface area contributed by atoms with Crippen molar-refractivity contribution in [2.45, 2.75) is 45.1 Å². The van der Waals surface area contributed by atoms with Gasteiger partial charge in [0.15, 0.2) is 0 Å². The number of rotatable bonds is 9. The van der Waals surface area contributed by atoms with E-state index in [0.717, 1.165) is 55.9 Å². The normalized spacial score (nSPS) is 15.2. The average molecular weight is 430 g/mol. The van der Waals surface area contributed by atoms with Gasteiger partial charge in [0, 0.05) is 62.5 Å². The van der Waals surface area contributed by atoms with Crippen LogP contribution in [0.3, 0.4) is 0 Å². The molecule has 2 heterocycles. The van der Waals surface area contributed by atoms with E-state index in [2.05, 4.69) is 16.0 Å². The van der Waals surface area contributed by atoms with Crippen LogP contribution in [0.1, 0.15) is 36.9 Å². The molecule has 1 aliphatic heterocycles. The lowest BCUT2D eigenvalue weighted by Gasteiger charge is -2.36. The molecule has 0 aliphatic carbocycles. The van der Waals surface area contributed by atoms with Gasteiger partial charge in [0.2, 0.25) is 5.91 Å². The largest absolute Gasteiger partial charge is 0.493 e. The number of aryl methyl sites for hydroxylation is 1. The maximum Gasteiger partial charge on any atom is 0.222 e. The number of carbonyl (C=O) groups is 1. The molecule has 0 unspecified atom stereocenters. The highest BCUT2D eigenvalue weighted by molar-refractivity contribution is 6.30. The number of pyridine rings is 1. The number of amides is 1. The number of piperidine rings is 1. The zero-order valence-corrected chi connectivity index (χ0v) is 18.8. The van der Waals surface area contributed by atoms with Crippen LogP contribution in [0.5, 0.6) is 5.75 Å². The van der Waals surface area contributed by atoms with Crippen molar-refractivity contribution < 1.29 is 9.53 Å². The first-order chi connectivity index (χ1) is 14.5. The molecular formula is C24H32ClN3O2. The van der Waals surface area contributed by atoms with Gasteiger partial charge in [-0.05, 0) is 62.1 Å². The van der Waals surface area contributed by atoms with Gasteiger partial charge in [-0.25, -0.2) is 0 Å². The molecule has 3 rings (SSSR count). The molecule has 0 saturated carbocycles. The second-order valence-electron chi connectivity index (χ2n) is 8.01. The van der Waals surface area contributed by atoms with Crippen LogP contribution in [0, 0.1) is 6.92 Å². The second kappa shape index (κ2) is 11.3. The molecule has 1 aromatic carbocycles. The molecule has 0 N–H and O–H groups in total. The van der Waals surface area contributed by atoms with Gasteiger partial charge in [0.05, 0.1) is 6.61 Å². The number of halogens is 1. The minimum Gasteiger partial charge on any atom is -0.493 e. The van der Waals surface area contributed by atoms with Crippen molar-refractivity contribution in [3.8, 4) is 5.75 Å². The number of likely N-dealkylation sites (tertiary alicyclic amines) is 1. The Morgan fingerprint density at radius 2 is 2.07 bits per heavy atom. The van der Waals surface area contributed by atoms with Gasteiger partial charge in [-0.1, -0.05) is 17.7 Å². The Bertz CT molecular complexity index is 807. The van der Waals surface area contributed by atoms with Crippen LogP contribution >= 0.6 is 11.6 Å². The molecule has 0 bridgehead atoms. The maximum absolute atomic E-state index is 12.6. The number of benzene rings is 1. The fourth-order valence-corrected chi connectivity index (χ4v) is 4.14. The number of hydrogen-bond acceptors (Lipinski definition) is 4. The maximum atomic E-state index is 12.6. The third-order valence-corrected chi connectivity index (χ3v) is 6.07. The first-order valence-electron chi connectivity index (χ1n) is 10.8. The van der Waals surface area contributed by atoms with Crippen molar-refractivity contribution in [2.24, 2.45) is 0 Å². The van der Waals surface area contributed by atoms with E-state index in [9.17, 15) is 4.79 Å². The van der Waals surface area contributed by atoms with Crippen LogP contribution in [-0.4, -0.2) is 60.0 Å². The molecule has 1 amide bonds. The fourth-order valence-electron chi connectivity index (χ4n) is 3.91. The summed E-state index contributed by atoms with van der Waals surface area (Å²) in [5, 5.41) is 0.708. The van der Waals surface area contributed by atoms with E-state index in [4.69, 9.17) is 16.3 Å². The summed E-state index contributed by atoms with van der Waals surface area (Å²) in [6.45, 7) is 5.61. The lowest BCUT2D eigenvalue weighted by atomic mass is 10.0. The molecule has 162 valence electrons. The summed E-state index contributed by atoms with van der Waals surface area (Å²) in [6.07, 6.45) is 6.13. The second-order valence-corrected chi connectivity index (χ2v) is 8.45. The Morgan fingerprint density at radius 3 is 2.77 bits per heavy atom. The van der Waals surface area contributed by atoms with Crippen molar-refractivity contribution in [3.63, 3.8) is 0 Å². The number of hydrogen-bond donors (Lipinski definition) is 0. The highest BCUT2D eigenvalue weighted by atomic mass is 35.5. The van der Waals surface area contributed by atoms with E-state index in [1.54, 1.807) is 0 Å². The van der Waals surface area contributed by atoms with E-state index >= 15 is 0 Å². The van der Waals surface area contributed by atoms with Gasteiger partial charge in [0.1, 0.15) is 5.75 Å². The summed E-state index contributed by atoms with van der Waals surface area (Å²) in [7, 11) is 1.95.